The Kier molecular flexibility index (Phi) is 2.87. The SMILES string of the molecule is CC(C)(C)N(C(=O)O)C(=O)Cl. The van der Waals surface area contributed by atoms with Crippen LogP contribution in [-0.4, -0.2) is 27.0 Å². The number of nitrogens with zero attached hydrogens (tertiary/aromatic N) is 1. The van der Waals surface area contributed by atoms with Gasteiger partial charge in [0.25, 0.3) is 0 Å². The third kappa shape index (κ3) is 2.76. The minimum atomic E-state index is -1.34. The topological polar surface area (TPSA) is 57.6 Å². The van der Waals surface area contributed by atoms with E-state index in [1.165, 1.54) is 0 Å². The van der Waals surface area contributed by atoms with Gasteiger partial charge in [-0.3, -0.25) is 4.79 Å². The summed E-state index contributed by atoms with van der Waals surface area (Å²) >= 11 is 5.03. The highest BCUT2D eigenvalue weighted by Crippen LogP contribution is 2.15. The molecule has 0 saturated heterocycles. The zero-order chi connectivity index (χ0) is 9.23. The lowest BCUT2D eigenvalue weighted by Crippen LogP contribution is -2.46. The number of amides is 2. The summed E-state index contributed by atoms with van der Waals surface area (Å²) in [6.07, 6.45) is -1.34. The Hall–Kier alpha value is -0.770. The van der Waals surface area contributed by atoms with Gasteiger partial charge in [-0.25, -0.2) is 9.69 Å². The van der Waals surface area contributed by atoms with Gasteiger partial charge in [-0.2, -0.15) is 0 Å². The van der Waals surface area contributed by atoms with Crippen LogP contribution in [0.5, 0.6) is 0 Å². The number of carbonyl (C=O) groups is 2. The number of hydrogen-bond donors (Lipinski definition) is 1. The van der Waals surface area contributed by atoms with Gasteiger partial charge in [0.2, 0.25) is 0 Å². The molecule has 0 bridgehead atoms. The number of carbonyl (C=O) groups excluding carboxylic acids is 1. The van der Waals surface area contributed by atoms with Crippen LogP contribution in [0.2, 0.25) is 0 Å². The molecule has 0 aliphatic heterocycles. The van der Waals surface area contributed by atoms with E-state index in [1.807, 2.05) is 0 Å². The van der Waals surface area contributed by atoms with Gasteiger partial charge < -0.3 is 5.11 Å². The van der Waals surface area contributed by atoms with E-state index in [1.54, 1.807) is 20.8 Å². The summed E-state index contributed by atoms with van der Waals surface area (Å²) in [5, 5.41) is 7.52. The Morgan fingerprint density at radius 2 is 1.73 bits per heavy atom. The van der Waals surface area contributed by atoms with Crippen molar-refractivity contribution in [1.29, 1.82) is 0 Å². The lowest BCUT2D eigenvalue weighted by Gasteiger charge is -2.28. The van der Waals surface area contributed by atoms with Crippen molar-refractivity contribution < 1.29 is 14.7 Å². The molecule has 0 radical (unpaired) electrons. The van der Waals surface area contributed by atoms with Crippen LogP contribution in [-0.2, 0) is 0 Å². The molecule has 2 amide bonds. The fourth-order valence-electron chi connectivity index (χ4n) is 0.626. The molecule has 0 aromatic rings. The summed E-state index contributed by atoms with van der Waals surface area (Å²) < 4.78 is 0. The Labute approximate surface area is 69.7 Å². The van der Waals surface area contributed by atoms with Crippen LogP contribution in [0.1, 0.15) is 20.8 Å². The zero-order valence-electron chi connectivity index (χ0n) is 6.59. The highest BCUT2D eigenvalue weighted by atomic mass is 35.5. The monoisotopic (exact) mass is 179 g/mol. The molecule has 4 nitrogen and oxygen atoms in total. The normalized spacial score (nSPS) is 10.9. The Balaban J connectivity index is 4.63. The fraction of sp³-hybridized carbons (Fsp3) is 0.667. The van der Waals surface area contributed by atoms with Gasteiger partial charge in [-0.15, -0.1) is 0 Å². The molecule has 0 saturated carbocycles. The van der Waals surface area contributed by atoms with Crippen molar-refractivity contribution in [3.05, 3.63) is 0 Å². The Bertz CT molecular complexity index is 171. The van der Waals surface area contributed by atoms with Crippen LogP contribution >= 0.6 is 11.6 Å². The van der Waals surface area contributed by atoms with E-state index in [4.69, 9.17) is 16.7 Å². The number of hydrogen-bond acceptors (Lipinski definition) is 2. The van der Waals surface area contributed by atoms with Crippen molar-refractivity contribution >= 4 is 23.1 Å². The number of carboxylic acid groups (broad SMARTS) is 1. The molecule has 5 heteroatoms. The van der Waals surface area contributed by atoms with Crippen molar-refractivity contribution in [3.63, 3.8) is 0 Å². The van der Waals surface area contributed by atoms with Crippen molar-refractivity contribution in [2.45, 2.75) is 26.3 Å². The predicted octanol–water partition coefficient (Wildman–Crippen LogP) is 2.12. The van der Waals surface area contributed by atoms with E-state index in [-0.39, 0.29) is 0 Å². The summed E-state index contributed by atoms with van der Waals surface area (Å²) in [6.45, 7) is 4.75. The maximum absolute atomic E-state index is 10.5. The molecule has 1 N–H and O–H groups in total. The van der Waals surface area contributed by atoms with Gasteiger partial charge in [0.1, 0.15) is 0 Å². The highest BCUT2D eigenvalue weighted by Gasteiger charge is 2.30. The molecule has 0 aromatic carbocycles. The second-order valence-electron chi connectivity index (χ2n) is 3.04. The summed E-state index contributed by atoms with van der Waals surface area (Å²) in [5.41, 5.74) is -0.787. The third-order valence-corrected chi connectivity index (χ3v) is 1.21. The van der Waals surface area contributed by atoms with E-state index in [0.29, 0.717) is 4.90 Å². The summed E-state index contributed by atoms with van der Waals surface area (Å²) in [7, 11) is 0. The largest absolute Gasteiger partial charge is 0.465 e. The van der Waals surface area contributed by atoms with Crippen molar-refractivity contribution in [2.75, 3.05) is 0 Å². The quantitative estimate of drug-likeness (QED) is 0.458. The average molecular weight is 180 g/mol. The predicted molar refractivity (Wildman–Crippen MR) is 40.9 cm³/mol. The van der Waals surface area contributed by atoms with E-state index < -0.39 is 17.0 Å². The van der Waals surface area contributed by atoms with Crippen LogP contribution in [0.4, 0.5) is 9.59 Å². The van der Waals surface area contributed by atoms with Crippen LogP contribution in [0.3, 0.4) is 0 Å². The van der Waals surface area contributed by atoms with Gasteiger partial charge >= 0.3 is 11.5 Å². The van der Waals surface area contributed by atoms with Gasteiger partial charge in [-0.05, 0) is 32.4 Å². The maximum atomic E-state index is 10.5. The highest BCUT2D eigenvalue weighted by molar-refractivity contribution is 6.64. The maximum Gasteiger partial charge on any atom is 0.415 e. The van der Waals surface area contributed by atoms with E-state index in [0.717, 1.165) is 0 Å². The van der Waals surface area contributed by atoms with Crippen LogP contribution < -0.4 is 0 Å². The molecule has 0 heterocycles. The summed E-state index contributed by atoms with van der Waals surface area (Å²) in [4.78, 5) is 21.5. The molecule has 0 fully saturated rings. The molecule has 0 aromatic heterocycles. The summed E-state index contributed by atoms with van der Waals surface area (Å²) in [6, 6.07) is 0. The molecular formula is C6H10ClNO3. The van der Waals surface area contributed by atoms with Crippen LogP contribution in [0.25, 0.3) is 0 Å². The first-order chi connectivity index (χ1) is 4.76. The van der Waals surface area contributed by atoms with Gasteiger partial charge in [0, 0.05) is 5.54 Å². The number of rotatable bonds is 0. The van der Waals surface area contributed by atoms with E-state index in [9.17, 15) is 9.59 Å². The molecule has 0 spiro atoms. The lowest BCUT2D eigenvalue weighted by molar-refractivity contribution is 0.123. The van der Waals surface area contributed by atoms with Crippen molar-refractivity contribution in [3.8, 4) is 0 Å². The van der Waals surface area contributed by atoms with Crippen LogP contribution in [0.15, 0.2) is 0 Å². The number of imide groups is 1. The third-order valence-electron chi connectivity index (χ3n) is 1.04. The lowest BCUT2D eigenvalue weighted by atomic mass is 10.1. The minimum absolute atomic E-state index is 0.564. The molecule has 0 unspecified atom stereocenters. The van der Waals surface area contributed by atoms with Crippen molar-refractivity contribution in [1.82, 2.24) is 4.90 Å². The van der Waals surface area contributed by atoms with Gasteiger partial charge in [-0.1, -0.05) is 0 Å². The molecule has 64 valence electrons. The smallest absolute Gasteiger partial charge is 0.415 e. The molecule has 0 rings (SSSR count). The average Bonchev–Trinajstić information content (AvgIpc) is 1.54. The molecule has 0 aliphatic carbocycles. The second kappa shape index (κ2) is 3.09. The number of halogens is 1. The standard InChI is InChI=1S/C6H10ClNO3/c1-6(2,3)8(4(7)9)5(10)11/h1-3H3,(H,10,11). The zero-order valence-corrected chi connectivity index (χ0v) is 7.34. The first-order valence-electron chi connectivity index (χ1n) is 2.99. The first-order valence-corrected chi connectivity index (χ1v) is 3.37. The fourth-order valence-corrected chi connectivity index (χ4v) is 0.952. The van der Waals surface area contributed by atoms with E-state index >= 15 is 0 Å². The van der Waals surface area contributed by atoms with Gasteiger partial charge in [0.05, 0.1) is 0 Å². The van der Waals surface area contributed by atoms with Crippen LogP contribution in [0, 0.1) is 0 Å². The first kappa shape index (κ1) is 10.2. The van der Waals surface area contributed by atoms with Crippen molar-refractivity contribution in [2.24, 2.45) is 0 Å². The molecule has 0 atom stereocenters. The van der Waals surface area contributed by atoms with Gasteiger partial charge in [0.15, 0.2) is 0 Å². The molecule has 11 heavy (non-hydrogen) atoms. The summed E-state index contributed by atoms with van der Waals surface area (Å²) in [5.74, 6) is 0. The molecule has 0 aliphatic rings. The Morgan fingerprint density at radius 3 is 1.73 bits per heavy atom. The Morgan fingerprint density at radius 1 is 1.36 bits per heavy atom. The van der Waals surface area contributed by atoms with E-state index in [2.05, 4.69) is 0 Å². The minimum Gasteiger partial charge on any atom is -0.465 e. The molecular weight excluding hydrogens is 170 g/mol. The second-order valence-corrected chi connectivity index (χ2v) is 3.37.